The largest absolute Gasteiger partial charge is 0.484 e. The van der Waals surface area contributed by atoms with Crippen molar-refractivity contribution in [3.05, 3.63) is 60.4 Å². The van der Waals surface area contributed by atoms with Crippen LogP contribution in [0.15, 0.2) is 54.7 Å². The standard InChI is InChI=1S/C19H21N3O2/c1-3-22-18(10-11-20-22)14(2)21-19(23)13-24-17-9-8-15-6-4-5-7-16(15)12-17/h4-12,14H,3,13H2,1-2H3,(H,21,23). The molecule has 5 nitrogen and oxygen atoms in total. The second-order valence-electron chi connectivity index (χ2n) is 5.66. The average Bonchev–Trinajstić information content (AvgIpc) is 3.08. The van der Waals surface area contributed by atoms with Gasteiger partial charge in [0.25, 0.3) is 5.91 Å². The fourth-order valence-electron chi connectivity index (χ4n) is 2.74. The van der Waals surface area contributed by atoms with Crippen LogP contribution in [0.2, 0.25) is 0 Å². The highest BCUT2D eigenvalue weighted by Gasteiger charge is 2.13. The van der Waals surface area contributed by atoms with Gasteiger partial charge in [-0.25, -0.2) is 0 Å². The molecule has 1 atom stereocenters. The Bertz CT molecular complexity index is 841. The Hall–Kier alpha value is -2.82. The van der Waals surface area contributed by atoms with Gasteiger partial charge in [-0.3, -0.25) is 9.48 Å². The summed E-state index contributed by atoms with van der Waals surface area (Å²) in [5, 5.41) is 9.40. The van der Waals surface area contributed by atoms with Crippen LogP contribution in [0.5, 0.6) is 5.75 Å². The molecule has 2 aromatic carbocycles. The van der Waals surface area contributed by atoms with Gasteiger partial charge in [-0.2, -0.15) is 5.10 Å². The van der Waals surface area contributed by atoms with Crippen LogP contribution in [-0.4, -0.2) is 22.3 Å². The van der Waals surface area contributed by atoms with Crippen LogP contribution in [0.25, 0.3) is 10.8 Å². The topological polar surface area (TPSA) is 56.2 Å². The molecule has 0 bridgehead atoms. The molecule has 0 fully saturated rings. The Morgan fingerprint density at radius 3 is 2.79 bits per heavy atom. The number of aryl methyl sites for hydroxylation is 1. The number of benzene rings is 2. The lowest BCUT2D eigenvalue weighted by atomic mass is 10.1. The minimum atomic E-state index is -0.153. The zero-order valence-corrected chi connectivity index (χ0v) is 13.9. The number of hydrogen-bond acceptors (Lipinski definition) is 3. The summed E-state index contributed by atoms with van der Waals surface area (Å²) in [6.07, 6.45) is 1.74. The number of fused-ring (bicyclic) bond motifs is 1. The van der Waals surface area contributed by atoms with Crippen molar-refractivity contribution in [2.24, 2.45) is 0 Å². The molecule has 1 unspecified atom stereocenters. The minimum absolute atomic E-state index is 0.0110. The van der Waals surface area contributed by atoms with Crippen molar-refractivity contribution in [3.63, 3.8) is 0 Å². The summed E-state index contributed by atoms with van der Waals surface area (Å²) in [6.45, 7) is 4.73. The second kappa shape index (κ2) is 7.17. The maximum Gasteiger partial charge on any atom is 0.258 e. The zero-order chi connectivity index (χ0) is 16.9. The number of ether oxygens (including phenoxy) is 1. The van der Waals surface area contributed by atoms with Crippen LogP contribution < -0.4 is 10.1 Å². The van der Waals surface area contributed by atoms with Crippen molar-refractivity contribution in [2.75, 3.05) is 6.61 Å². The molecule has 0 spiro atoms. The molecule has 1 N–H and O–H groups in total. The molecule has 0 saturated carbocycles. The summed E-state index contributed by atoms with van der Waals surface area (Å²) < 4.78 is 7.49. The first-order valence-electron chi connectivity index (χ1n) is 8.10. The number of carbonyl (C=O) groups is 1. The van der Waals surface area contributed by atoms with E-state index in [1.807, 2.05) is 67.1 Å². The van der Waals surface area contributed by atoms with E-state index in [1.165, 1.54) is 0 Å². The third-order valence-corrected chi connectivity index (χ3v) is 3.96. The van der Waals surface area contributed by atoms with Crippen LogP contribution >= 0.6 is 0 Å². The average molecular weight is 323 g/mol. The van der Waals surface area contributed by atoms with E-state index in [4.69, 9.17) is 4.74 Å². The van der Waals surface area contributed by atoms with Crippen LogP contribution in [0.1, 0.15) is 25.6 Å². The lowest BCUT2D eigenvalue weighted by Gasteiger charge is -2.15. The van der Waals surface area contributed by atoms with Gasteiger partial charge in [0, 0.05) is 12.7 Å². The van der Waals surface area contributed by atoms with E-state index in [0.717, 1.165) is 23.0 Å². The molecule has 0 saturated heterocycles. The predicted molar refractivity (Wildman–Crippen MR) is 93.9 cm³/mol. The van der Waals surface area contributed by atoms with Gasteiger partial charge in [-0.15, -0.1) is 0 Å². The van der Waals surface area contributed by atoms with E-state index < -0.39 is 0 Å². The summed E-state index contributed by atoms with van der Waals surface area (Å²) in [5.74, 6) is 0.537. The smallest absolute Gasteiger partial charge is 0.258 e. The summed E-state index contributed by atoms with van der Waals surface area (Å²) in [6, 6.07) is 15.7. The SMILES string of the molecule is CCn1nccc1C(C)NC(=O)COc1ccc2ccccc2c1. The number of rotatable bonds is 6. The quantitative estimate of drug-likeness (QED) is 0.757. The number of nitrogens with zero attached hydrogens (tertiary/aromatic N) is 2. The molecule has 1 aromatic heterocycles. The number of carbonyl (C=O) groups excluding carboxylic acids is 1. The van der Waals surface area contributed by atoms with Crippen molar-refractivity contribution < 1.29 is 9.53 Å². The molecule has 1 amide bonds. The lowest BCUT2D eigenvalue weighted by molar-refractivity contribution is -0.123. The molecule has 0 aliphatic carbocycles. The van der Waals surface area contributed by atoms with Crippen LogP contribution in [0, 0.1) is 0 Å². The van der Waals surface area contributed by atoms with E-state index >= 15 is 0 Å². The van der Waals surface area contributed by atoms with Crippen molar-refractivity contribution >= 4 is 16.7 Å². The van der Waals surface area contributed by atoms with Gasteiger partial charge < -0.3 is 10.1 Å². The fourth-order valence-corrected chi connectivity index (χ4v) is 2.74. The van der Waals surface area contributed by atoms with Crippen molar-refractivity contribution in [3.8, 4) is 5.75 Å². The highest BCUT2D eigenvalue weighted by molar-refractivity contribution is 5.84. The van der Waals surface area contributed by atoms with Gasteiger partial charge in [0.05, 0.1) is 11.7 Å². The Balaban J connectivity index is 1.58. The summed E-state index contributed by atoms with van der Waals surface area (Å²) in [7, 11) is 0. The van der Waals surface area contributed by atoms with E-state index in [9.17, 15) is 4.79 Å². The van der Waals surface area contributed by atoms with Crippen molar-refractivity contribution in [2.45, 2.75) is 26.4 Å². The first-order chi connectivity index (χ1) is 11.7. The van der Waals surface area contributed by atoms with Gasteiger partial charge in [-0.05, 0) is 42.8 Å². The molecule has 3 aromatic rings. The van der Waals surface area contributed by atoms with Crippen LogP contribution in [0.3, 0.4) is 0 Å². The third kappa shape index (κ3) is 3.56. The molecule has 0 radical (unpaired) electrons. The predicted octanol–water partition coefficient (Wildman–Crippen LogP) is 3.31. The first kappa shape index (κ1) is 16.1. The van der Waals surface area contributed by atoms with Crippen LogP contribution in [-0.2, 0) is 11.3 Å². The minimum Gasteiger partial charge on any atom is -0.484 e. The van der Waals surface area contributed by atoms with Crippen molar-refractivity contribution in [1.29, 1.82) is 0 Å². The summed E-state index contributed by atoms with van der Waals surface area (Å²) >= 11 is 0. The monoisotopic (exact) mass is 323 g/mol. The normalized spacial score (nSPS) is 12.1. The van der Waals surface area contributed by atoms with Gasteiger partial charge in [0.1, 0.15) is 5.75 Å². The number of hydrogen-bond donors (Lipinski definition) is 1. The maximum atomic E-state index is 12.1. The van der Waals surface area contributed by atoms with E-state index in [-0.39, 0.29) is 18.6 Å². The Kier molecular flexibility index (Phi) is 4.79. The maximum absolute atomic E-state index is 12.1. The fraction of sp³-hybridized carbons (Fsp3) is 0.263. The van der Waals surface area contributed by atoms with E-state index in [1.54, 1.807) is 6.20 Å². The molecule has 0 aliphatic rings. The molecule has 1 heterocycles. The van der Waals surface area contributed by atoms with E-state index in [0.29, 0.717) is 5.75 Å². The number of amides is 1. The van der Waals surface area contributed by atoms with E-state index in [2.05, 4.69) is 10.4 Å². The lowest BCUT2D eigenvalue weighted by Crippen LogP contribution is -2.32. The molecule has 5 heteroatoms. The van der Waals surface area contributed by atoms with Crippen molar-refractivity contribution in [1.82, 2.24) is 15.1 Å². The molecular formula is C19H21N3O2. The number of aromatic nitrogens is 2. The Morgan fingerprint density at radius 2 is 2.00 bits per heavy atom. The molecule has 24 heavy (non-hydrogen) atoms. The second-order valence-corrected chi connectivity index (χ2v) is 5.66. The van der Waals surface area contributed by atoms with Gasteiger partial charge in [0.2, 0.25) is 0 Å². The molecule has 124 valence electrons. The molecular weight excluding hydrogens is 302 g/mol. The highest BCUT2D eigenvalue weighted by Crippen LogP contribution is 2.20. The summed E-state index contributed by atoms with van der Waals surface area (Å²) in [5.41, 5.74) is 0.983. The molecule has 3 rings (SSSR count). The number of nitrogens with one attached hydrogen (secondary N) is 1. The van der Waals surface area contributed by atoms with Gasteiger partial charge >= 0.3 is 0 Å². The third-order valence-electron chi connectivity index (χ3n) is 3.96. The first-order valence-corrected chi connectivity index (χ1v) is 8.10. The Morgan fingerprint density at radius 1 is 1.21 bits per heavy atom. The Labute approximate surface area is 141 Å². The molecule has 0 aliphatic heterocycles. The zero-order valence-electron chi connectivity index (χ0n) is 13.9. The van der Waals surface area contributed by atoms with Gasteiger partial charge in [-0.1, -0.05) is 30.3 Å². The summed E-state index contributed by atoms with van der Waals surface area (Å²) in [4.78, 5) is 12.1. The highest BCUT2D eigenvalue weighted by atomic mass is 16.5. The van der Waals surface area contributed by atoms with Crippen LogP contribution in [0.4, 0.5) is 0 Å². The van der Waals surface area contributed by atoms with Gasteiger partial charge in [0.15, 0.2) is 6.61 Å².